The third-order valence-electron chi connectivity index (χ3n) is 2.08. The van der Waals surface area contributed by atoms with E-state index in [1.807, 2.05) is 11.3 Å². The van der Waals surface area contributed by atoms with Gasteiger partial charge in [0.15, 0.2) is 0 Å². The Hall–Kier alpha value is -0.340. The molecule has 2 heteroatoms. The van der Waals surface area contributed by atoms with Crippen LogP contribution >= 0.6 is 11.3 Å². The van der Waals surface area contributed by atoms with Gasteiger partial charge in [-0.1, -0.05) is 20.8 Å². The zero-order chi connectivity index (χ0) is 9.14. The second-order valence-corrected chi connectivity index (χ2v) is 4.63. The van der Waals surface area contributed by atoms with Crippen LogP contribution < -0.4 is 5.73 Å². The highest BCUT2D eigenvalue weighted by atomic mass is 32.1. The van der Waals surface area contributed by atoms with Crippen LogP contribution in [-0.4, -0.2) is 0 Å². The summed E-state index contributed by atoms with van der Waals surface area (Å²) in [6, 6.07) is 4.56. The fraction of sp³-hybridized carbons (Fsp3) is 0.600. The highest BCUT2D eigenvalue weighted by Gasteiger charge is 2.11. The predicted molar refractivity (Wildman–Crippen MR) is 55.5 cm³/mol. The molecule has 1 aromatic heterocycles. The molecule has 1 nitrogen and oxygen atoms in total. The SMILES string of the molecule is CCc1ccc([C@H](N)C(C)C)s1. The van der Waals surface area contributed by atoms with E-state index in [0.717, 1.165) is 6.42 Å². The molecule has 12 heavy (non-hydrogen) atoms. The second kappa shape index (κ2) is 4.06. The zero-order valence-corrected chi connectivity index (χ0v) is 8.82. The highest BCUT2D eigenvalue weighted by molar-refractivity contribution is 7.12. The van der Waals surface area contributed by atoms with Crippen LogP contribution in [0.2, 0.25) is 0 Å². The molecule has 1 heterocycles. The van der Waals surface area contributed by atoms with Crippen LogP contribution in [0.5, 0.6) is 0 Å². The first kappa shape index (κ1) is 9.75. The molecule has 0 aliphatic heterocycles. The lowest BCUT2D eigenvalue weighted by atomic mass is 10.0. The van der Waals surface area contributed by atoms with Crippen molar-refractivity contribution in [1.82, 2.24) is 0 Å². The Labute approximate surface area is 78.6 Å². The second-order valence-electron chi connectivity index (χ2n) is 3.43. The minimum Gasteiger partial charge on any atom is -0.323 e. The average Bonchev–Trinajstić information content (AvgIpc) is 2.50. The van der Waals surface area contributed by atoms with E-state index in [1.165, 1.54) is 9.75 Å². The zero-order valence-electron chi connectivity index (χ0n) is 8.00. The van der Waals surface area contributed by atoms with Crippen LogP contribution in [0.15, 0.2) is 12.1 Å². The molecule has 0 radical (unpaired) electrons. The van der Waals surface area contributed by atoms with E-state index in [-0.39, 0.29) is 6.04 Å². The molecule has 0 fully saturated rings. The molecule has 1 rings (SSSR count). The molecule has 0 saturated carbocycles. The maximum atomic E-state index is 6.02. The van der Waals surface area contributed by atoms with Crippen molar-refractivity contribution < 1.29 is 0 Å². The fourth-order valence-corrected chi connectivity index (χ4v) is 2.22. The van der Waals surface area contributed by atoms with Gasteiger partial charge in [0.1, 0.15) is 0 Å². The lowest BCUT2D eigenvalue weighted by Gasteiger charge is -2.12. The minimum atomic E-state index is 0.218. The van der Waals surface area contributed by atoms with Crippen LogP contribution in [0.3, 0.4) is 0 Å². The van der Waals surface area contributed by atoms with Crippen molar-refractivity contribution in [1.29, 1.82) is 0 Å². The summed E-state index contributed by atoms with van der Waals surface area (Å²) in [6.45, 7) is 6.50. The first-order valence-electron chi connectivity index (χ1n) is 4.49. The quantitative estimate of drug-likeness (QED) is 0.766. The third-order valence-corrected chi connectivity index (χ3v) is 3.41. The van der Waals surface area contributed by atoms with Crippen molar-refractivity contribution in [2.75, 3.05) is 0 Å². The monoisotopic (exact) mass is 183 g/mol. The van der Waals surface area contributed by atoms with E-state index in [1.54, 1.807) is 0 Å². The van der Waals surface area contributed by atoms with E-state index >= 15 is 0 Å². The Morgan fingerprint density at radius 3 is 2.50 bits per heavy atom. The third kappa shape index (κ3) is 2.08. The standard InChI is InChI=1S/C10H17NS/c1-4-8-5-6-9(12-8)10(11)7(2)3/h5-7,10H,4,11H2,1-3H3/t10-/m1/s1. The van der Waals surface area contributed by atoms with Gasteiger partial charge in [0.2, 0.25) is 0 Å². The molecule has 0 bridgehead atoms. The Morgan fingerprint density at radius 1 is 1.42 bits per heavy atom. The number of rotatable bonds is 3. The molecular formula is C10H17NS. The van der Waals surface area contributed by atoms with Crippen molar-refractivity contribution in [2.45, 2.75) is 33.2 Å². The Balaban J connectivity index is 2.74. The molecule has 0 aromatic carbocycles. The Bertz CT molecular complexity index is 240. The summed E-state index contributed by atoms with van der Waals surface area (Å²) in [5, 5.41) is 0. The molecule has 0 spiro atoms. The number of hydrogen-bond acceptors (Lipinski definition) is 2. The van der Waals surface area contributed by atoms with Gasteiger partial charge in [0.05, 0.1) is 0 Å². The van der Waals surface area contributed by atoms with Gasteiger partial charge in [0.25, 0.3) is 0 Å². The normalized spacial score (nSPS) is 13.8. The van der Waals surface area contributed by atoms with Crippen LogP contribution in [0, 0.1) is 5.92 Å². The first-order valence-corrected chi connectivity index (χ1v) is 5.31. The van der Waals surface area contributed by atoms with Gasteiger partial charge >= 0.3 is 0 Å². The number of thiophene rings is 1. The molecule has 0 aliphatic carbocycles. The van der Waals surface area contributed by atoms with Crippen molar-refractivity contribution in [3.8, 4) is 0 Å². The van der Waals surface area contributed by atoms with Crippen molar-refractivity contribution in [3.05, 3.63) is 21.9 Å². The maximum Gasteiger partial charge on any atom is 0.0413 e. The Kier molecular flexibility index (Phi) is 3.29. The van der Waals surface area contributed by atoms with Gasteiger partial charge in [0, 0.05) is 15.8 Å². The highest BCUT2D eigenvalue weighted by Crippen LogP contribution is 2.26. The first-order chi connectivity index (χ1) is 5.65. The molecule has 0 amide bonds. The van der Waals surface area contributed by atoms with Crippen LogP contribution in [-0.2, 0) is 6.42 Å². The van der Waals surface area contributed by atoms with E-state index in [4.69, 9.17) is 5.73 Å². The minimum absolute atomic E-state index is 0.218. The molecule has 0 aliphatic rings. The van der Waals surface area contributed by atoms with Gasteiger partial charge in [-0.2, -0.15) is 0 Å². The largest absolute Gasteiger partial charge is 0.323 e. The van der Waals surface area contributed by atoms with Crippen LogP contribution in [0.25, 0.3) is 0 Å². The van der Waals surface area contributed by atoms with Crippen molar-refractivity contribution in [2.24, 2.45) is 11.7 Å². The Morgan fingerprint density at radius 2 is 2.08 bits per heavy atom. The number of aryl methyl sites for hydroxylation is 1. The molecule has 68 valence electrons. The van der Waals surface area contributed by atoms with Gasteiger partial charge in [-0.3, -0.25) is 0 Å². The lowest BCUT2D eigenvalue weighted by molar-refractivity contribution is 0.521. The molecule has 0 saturated heterocycles. The summed E-state index contributed by atoms with van der Waals surface area (Å²) in [5.74, 6) is 0.536. The summed E-state index contributed by atoms with van der Waals surface area (Å²) in [5.41, 5.74) is 6.02. The predicted octanol–water partition coefficient (Wildman–Crippen LogP) is 2.97. The molecule has 1 aromatic rings. The van der Waals surface area contributed by atoms with E-state index in [2.05, 4.69) is 32.9 Å². The van der Waals surface area contributed by atoms with Crippen LogP contribution in [0.4, 0.5) is 0 Å². The maximum absolute atomic E-state index is 6.02. The molecular weight excluding hydrogens is 166 g/mol. The summed E-state index contributed by atoms with van der Waals surface area (Å²) in [7, 11) is 0. The van der Waals surface area contributed by atoms with Gasteiger partial charge in [-0.05, 0) is 24.5 Å². The smallest absolute Gasteiger partial charge is 0.0413 e. The summed E-state index contributed by atoms with van der Waals surface area (Å²) in [4.78, 5) is 2.75. The molecule has 2 N–H and O–H groups in total. The molecule has 1 atom stereocenters. The van der Waals surface area contributed by atoms with Crippen molar-refractivity contribution in [3.63, 3.8) is 0 Å². The van der Waals surface area contributed by atoms with Gasteiger partial charge < -0.3 is 5.73 Å². The van der Waals surface area contributed by atoms with E-state index in [0.29, 0.717) is 5.92 Å². The topological polar surface area (TPSA) is 26.0 Å². The van der Waals surface area contributed by atoms with Crippen molar-refractivity contribution >= 4 is 11.3 Å². The van der Waals surface area contributed by atoms with Gasteiger partial charge in [-0.25, -0.2) is 0 Å². The van der Waals surface area contributed by atoms with E-state index in [9.17, 15) is 0 Å². The van der Waals surface area contributed by atoms with Crippen LogP contribution in [0.1, 0.15) is 36.6 Å². The summed E-state index contributed by atoms with van der Waals surface area (Å²) in [6.07, 6.45) is 1.12. The molecule has 0 unspecified atom stereocenters. The van der Waals surface area contributed by atoms with Gasteiger partial charge in [-0.15, -0.1) is 11.3 Å². The lowest BCUT2D eigenvalue weighted by Crippen LogP contribution is -2.14. The summed E-state index contributed by atoms with van der Waals surface area (Å²) >= 11 is 1.84. The fourth-order valence-electron chi connectivity index (χ4n) is 1.09. The average molecular weight is 183 g/mol. The summed E-state index contributed by atoms with van der Waals surface area (Å²) < 4.78 is 0. The number of hydrogen-bond donors (Lipinski definition) is 1. The van der Waals surface area contributed by atoms with E-state index < -0.39 is 0 Å². The number of nitrogens with two attached hydrogens (primary N) is 1.